The minimum atomic E-state index is 0.0335. The highest BCUT2D eigenvalue weighted by molar-refractivity contribution is 4.92. The maximum absolute atomic E-state index is 6.05. The fourth-order valence-electron chi connectivity index (χ4n) is 4.29. The summed E-state index contributed by atoms with van der Waals surface area (Å²) >= 11 is 0. The van der Waals surface area contributed by atoms with Gasteiger partial charge in [0.2, 0.25) is 0 Å². The summed E-state index contributed by atoms with van der Waals surface area (Å²) in [5.74, 6) is 0. The van der Waals surface area contributed by atoms with Crippen LogP contribution in [0.4, 0.5) is 0 Å². The van der Waals surface area contributed by atoms with Gasteiger partial charge in [-0.3, -0.25) is 0 Å². The summed E-state index contributed by atoms with van der Waals surface area (Å²) in [7, 11) is 0. The third-order valence-electron chi connectivity index (χ3n) is 6.07. The summed E-state index contributed by atoms with van der Waals surface area (Å²) in [6, 6.07) is 0.311. The van der Waals surface area contributed by atoms with Gasteiger partial charge in [0.05, 0.1) is 12.2 Å². The molecule has 0 aromatic rings. The Labute approximate surface area is 174 Å². The lowest BCUT2D eigenvalue weighted by molar-refractivity contribution is -0.0708. The van der Waals surface area contributed by atoms with Crippen molar-refractivity contribution in [3.05, 3.63) is 24.3 Å². The molecule has 0 aromatic carbocycles. The van der Waals surface area contributed by atoms with Crippen LogP contribution in [0.15, 0.2) is 24.3 Å². The SMILES string of the molecule is CCCCC/C=C\C/C=C\CCCCCCCCC1OC2CCC(N)CC2O1. The summed E-state index contributed by atoms with van der Waals surface area (Å²) in [5.41, 5.74) is 6.03. The van der Waals surface area contributed by atoms with Crippen LogP contribution >= 0.6 is 0 Å². The Bertz CT molecular complexity index is 434. The second-order valence-corrected chi connectivity index (χ2v) is 8.72. The highest BCUT2D eigenvalue weighted by atomic mass is 16.7. The first-order valence-corrected chi connectivity index (χ1v) is 12.2. The number of unbranched alkanes of at least 4 members (excludes halogenated alkanes) is 9. The van der Waals surface area contributed by atoms with E-state index in [1.165, 1.54) is 70.6 Å². The molecule has 0 spiro atoms. The Morgan fingerprint density at radius 2 is 1.39 bits per heavy atom. The molecular weight excluding hydrogens is 346 g/mol. The van der Waals surface area contributed by atoms with Crippen molar-refractivity contribution in [1.82, 2.24) is 0 Å². The largest absolute Gasteiger partial charge is 0.347 e. The molecule has 28 heavy (non-hydrogen) atoms. The average molecular weight is 392 g/mol. The maximum Gasteiger partial charge on any atom is 0.158 e. The molecule has 162 valence electrons. The van der Waals surface area contributed by atoms with Gasteiger partial charge in [-0.2, -0.15) is 0 Å². The first-order valence-electron chi connectivity index (χ1n) is 12.2. The van der Waals surface area contributed by atoms with E-state index in [4.69, 9.17) is 15.2 Å². The van der Waals surface area contributed by atoms with E-state index >= 15 is 0 Å². The summed E-state index contributed by atoms with van der Waals surface area (Å²) in [6.45, 7) is 2.26. The van der Waals surface area contributed by atoms with Crippen LogP contribution in [0.1, 0.15) is 110 Å². The van der Waals surface area contributed by atoms with Crippen LogP contribution in [-0.2, 0) is 9.47 Å². The van der Waals surface area contributed by atoms with Crippen LogP contribution in [0, 0.1) is 0 Å². The van der Waals surface area contributed by atoms with Crippen molar-refractivity contribution in [2.45, 2.75) is 134 Å². The van der Waals surface area contributed by atoms with Gasteiger partial charge in [-0.1, -0.05) is 69.8 Å². The first kappa shape index (κ1) is 23.6. The zero-order valence-corrected chi connectivity index (χ0v) is 18.3. The molecule has 0 amide bonds. The van der Waals surface area contributed by atoms with E-state index in [1.54, 1.807) is 0 Å². The van der Waals surface area contributed by atoms with Gasteiger partial charge < -0.3 is 15.2 Å². The minimum absolute atomic E-state index is 0.0335. The normalized spacial score (nSPS) is 27.8. The van der Waals surface area contributed by atoms with Gasteiger partial charge >= 0.3 is 0 Å². The molecule has 2 fully saturated rings. The number of ether oxygens (including phenoxy) is 2. The molecule has 2 N–H and O–H groups in total. The number of nitrogens with two attached hydrogens (primary N) is 1. The van der Waals surface area contributed by atoms with Gasteiger partial charge in [0, 0.05) is 6.04 Å². The molecule has 2 aliphatic rings. The summed E-state index contributed by atoms with van der Waals surface area (Å²) < 4.78 is 12.1. The number of allylic oxidation sites excluding steroid dienone is 4. The highest BCUT2D eigenvalue weighted by Gasteiger charge is 2.39. The zero-order chi connectivity index (χ0) is 19.9. The van der Waals surface area contributed by atoms with Crippen LogP contribution in [-0.4, -0.2) is 24.5 Å². The highest BCUT2D eigenvalue weighted by Crippen LogP contribution is 2.32. The predicted octanol–water partition coefficient (Wildman–Crippen LogP) is 6.81. The summed E-state index contributed by atoms with van der Waals surface area (Å²) in [4.78, 5) is 0. The fourth-order valence-corrected chi connectivity index (χ4v) is 4.29. The standard InChI is InChI=1S/C25H45NO2/c1-2-3-4-5-6-7-8-9-10-11-12-13-14-15-16-17-18-25-27-23-20-19-22(26)21-24(23)28-25/h6-7,9-10,22-25H,2-5,8,11-21,26H2,1H3/b7-6-,10-9-. The number of fused-ring (bicyclic) bond motifs is 1. The summed E-state index contributed by atoms with van der Waals surface area (Å²) in [6.07, 6.45) is 29.6. The monoisotopic (exact) mass is 391 g/mol. The molecule has 1 heterocycles. The fraction of sp³-hybridized carbons (Fsp3) is 0.840. The molecule has 2 rings (SSSR count). The lowest BCUT2D eigenvalue weighted by atomic mass is 9.91. The molecule has 4 unspecified atom stereocenters. The van der Waals surface area contributed by atoms with Crippen molar-refractivity contribution in [1.29, 1.82) is 0 Å². The quantitative estimate of drug-likeness (QED) is 0.246. The van der Waals surface area contributed by atoms with Crippen LogP contribution in [0.5, 0.6) is 0 Å². The van der Waals surface area contributed by atoms with Gasteiger partial charge in [-0.15, -0.1) is 0 Å². The maximum atomic E-state index is 6.05. The number of rotatable bonds is 15. The lowest BCUT2D eigenvalue weighted by Crippen LogP contribution is -2.37. The Morgan fingerprint density at radius 3 is 2.14 bits per heavy atom. The molecular formula is C25H45NO2. The van der Waals surface area contributed by atoms with Crippen LogP contribution in [0.3, 0.4) is 0 Å². The van der Waals surface area contributed by atoms with E-state index in [0.717, 1.165) is 32.1 Å². The van der Waals surface area contributed by atoms with Gasteiger partial charge in [0.25, 0.3) is 0 Å². The summed E-state index contributed by atoms with van der Waals surface area (Å²) in [5, 5.41) is 0. The van der Waals surface area contributed by atoms with E-state index in [0.29, 0.717) is 12.1 Å². The van der Waals surface area contributed by atoms with Crippen LogP contribution in [0.25, 0.3) is 0 Å². The van der Waals surface area contributed by atoms with Crippen molar-refractivity contribution in [2.24, 2.45) is 5.73 Å². The Hall–Kier alpha value is -0.640. The second-order valence-electron chi connectivity index (χ2n) is 8.72. The van der Waals surface area contributed by atoms with E-state index < -0.39 is 0 Å². The minimum Gasteiger partial charge on any atom is -0.347 e. The Morgan fingerprint density at radius 1 is 0.750 bits per heavy atom. The smallest absolute Gasteiger partial charge is 0.158 e. The van der Waals surface area contributed by atoms with Gasteiger partial charge in [0.1, 0.15) is 0 Å². The number of hydrogen-bond donors (Lipinski definition) is 1. The van der Waals surface area contributed by atoms with Crippen molar-refractivity contribution in [3.63, 3.8) is 0 Å². The first-order chi connectivity index (χ1) is 13.8. The Balaban J connectivity index is 1.33. The third-order valence-corrected chi connectivity index (χ3v) is 6.07. The molecule has 0 radical (unpaired) electrons. The van der Waals surface area contributed by atoms with Gasteiger partial charge in [-0.25, -0.2) is 0 Å². The van der Waals surface area contributed by atoms with Gasteiger partial charge in [0.15, 0.2) is 6.29 Å². The predicted molar refractivity (Wildman–Crippen MR) is 119 cm³/mol. The van der Waals surface area contributed by atoms with Crippen LogP contribution < -0.4 is 5.73 Å². The molecule has 1 saturated heterocycles. The second kappa shape index (κ2) is 15.2. The van der Waals surface area contributed by atoms with Crippen molar-refractivity contribution >= 4 is 0 Å². The van der Waals surface area contributed by atoms with E-state index in [2.05, 4.69) is 31.2 Å². The van der Waals surface area contributed by atoms with E-state index in [9.17, 15) is 0 Å². The van der Waals surface area contributed by atoms with Crippen molar-refractivity contribution in [2.75, 3.05) is 0 Å². The topological polar surface area (TPSA) is 44.5 Å². The molecule has 3 heteroatoms. The van der Waals surface area contributed by atoms with E-state index in [-0.39, 0.29) is 12.4 Å². The number of hydrogen-bond acceptors (Lipinski definition) is 3. The zero-order valence-electron chi connectivity index (χ0n) is 18.3. The molecule has 1 aliphatic heterocycles. The molecule has 1 saturated carbocycles. The molecule has 0 aromatic heterocycles. The van der Waals surface area contributed by atoms with Gasteiger partial charge in [-0.05, 0) is 64.2 Å². The third kappa shape index (κ3) is 10.2. The molecule has 0 bridgehead atoms. The lowest BCUT2D eigenvalue weighted by Gasteiger charge is -2.26. The average Bonchev–Trinajstić information content (AvgIpc) is 3.09. The molecule has 1 aliphatic carbocycles. The van der Waals surface area contributed by atoms with Crippen molar-refractivity contribution in [3.8, 4) is 0 Å². The molecule has 3 nitrogen and oxygen atoms in total. The Kier molecular flexibility index (Phi) is 12.9. The molecule has 4 atom stereocenters. The van der Waals surface area contributed by atoms with E-state index in [1.807, 2.05) is 0 Å². The van der Waals surface area contributed by atoms with Crippen molar-refractivity contribution < 1.29 is 9.47 Å². The van der Waals surface area contributed by atoms with Crippen LogP contribution in [0.2, 0.25) is 0 Å².